The lowest BCUT2D eigenvalue weighted by Crippen LogP contribution is -2.42. The van der Waals surface area contributed by atoms with E-state index >= 15 is 0 Å². The molecule has 0 saturated carbocycles. The zero-order valence-corrected chi connectivity index (χ0v) is 13.7. The Morgan fingerprint density at radius 3 is 2.32 bits per heavy atom. The zero-order valence-electron chi connectivity index (χ0n) is 13.7. The van der Waals surface area contributed by atoms with Crippen LogP contribution < -0.4 is 0 Å². The molecule has 1 aromatic rings. The van der Waals surface area contributed by atoms with Gasteiger partial charge in [0.05, 0.1) is 17.2 Å². The maximum absolute atomic E-state index is 12.4. The summed E-state index contributed by atoms with van der Waals surface area (Å²) in [5.41, 5.74) is 0.646. The van der Waals surface area contributed by atoms with Gasteiger partial charge in [-0.1, -0.05) is 12.1 Å². The molecule has 2 unspecified atom stereocenters. The average Bonchev–Trinajstić information content (AvgIpc) is 3.15. The van der Waals surface area contributed by atoms with Gasteiger partial charge in [0.15, 0.2) is 0 Å². The average molecular weight is 346 g/mol. The van der Waals surface area contributed by atoms with Crippen LogP contribution >= 0.6 is 0 Å². The van der Waals surface area contributed by atoms with Crippen LogP contribution in [0.15, 0.2) is 24.3 Å². The molecule has 1 N–H and O–H groups in total. The molecule has 8 nitrogen and oxygen atoms in total. The van der Waals surface area contributed by atoms with Crippen molar-refractivity contribution in [1.29, 1.82) is 0 Å². The van der Waals surface area contributed by atoms with E-state index in [1.54, 1.807) is 24.3 Å². The largest absolute Gasteiger partial charge is 0.480 e. The third kappa shape index (κ3) is 3.00. The van der Waals surface area contributed by atoms with Gasteiger partial charge in [-0.15, -0.1) is 0 Å². The molecule has 1 aromatic carbocycles. The fraction of sp³-hybridized carbons (Fsp3) is 0.412. The van der Waals surface area contributed by atoms with Crippen LogP contribution in [-0.2, 0) is 14.3 Å². The molecular formula is C17H18N2O6. The summed E-state index contributed by atoms with van der Waals surface area (Å²) in [6.07, 6.45) is -0.222. The van der Waals surface area contributed by atoms with Gasteiger partial charge in [0.2, 0.25) is 5.91 Å². The van der Waals surface area contributed by atoms with Crippen molar-refractivity contribution in [2.75, 3.05) is 20.2 Å². The second-order valence-electron chi connectivity index (χ2n) is 6.05. The first-order valence-corrected chi connectivity index (χ1v) is 7.94. The minimum absolute atomic E-state index is 0.0777. The number of methoxy groups -OCH3 is 1. The first-order valence-electron chi connectivity index (χ1n) is 7.94. The Labute approximate surface area is 144 Å². The number of carboxylic acids is 1. The van der Waals surface area contributed by atoms with Crippen molar-refractivity contribution in [1.82, 2.24) is 9.80 Å². The van der Waals surface area contributed by atoms with Crippen LogP contribution in [0.2, 0.25) is 0 Å². The van der Waals surface area contributed by atoms with Gasteiger partial charge in [-0.2, -0.15) is 0 Å². The van der Waals surface area contributed by atoms with E-state index < -0.39 is 29.7 Å². The number of likely N-dealkylation sites (tertiary alicyclic amines) is 1. The highest BCUT2D eigenvalue weighted by Crippen LogP contribution is 2.24. The van der Waals surface area contributed by atoms with Gasteiger partial charge in [-0.3, -0.25) is 19.3 Å². The van der Waals surface area contributed by atoms with E-state index in [-0.39, 0.29) is 32.0 Å². The molecular weight excluding hydrogens is 328 g/mol. The summed E-state index contributed by atoms with van der Waals surface area (Å²) in [6, 6.07) is 5.54. The van der Waals surface area contributed by atoms with E-state index in [0.29, 0.717) is 11.1 Å². The van der Waals surface area contributed by atoms with Crippen LogP contribution in [0.4, 0.5) is 0 Å². The van der Waals surface area contributed by atoms with Crippen LogP contribution in [0.3, 0.4) is 0 Å². The molecule has 3 amide bonds. The Hall–Kier alpha value is -2.74. The standard InChI is InChI=1S/C17H18N2O6/c1-25-10-8-13(17(23)24)19(9-10)14(20)6-7-18-15(21)11-4-2-3-5-12(11)16(18)22/h2-5,10,13H,6-9H2,1H3,(H,23,24). The van der Waals surface area contributed by atoms with Gasteiger partial charge in [0, 0.05) is 33.0 Å². The summed E-state index contributed by atoms with van der Waals surface area (Å²) in [4.78, 5) is 50.6. The number of benzene rings is 1. The van der Waals surface area contributed by atoms with Crippen LogP contribution in [0, 0.1) is 0 Å². The van der Waals surface area contributed by atoms with Gasteiger partial charge < -0.3 is 14.7 Å². The number of imide groups is 1. The number of carboxylic acid groups (broad SMARTS) is 1. The van der Waals surface area contributed by atoms with Gasteiger partial charge in [-0.05, 0) is 12.1 Å². The minimum Gasteiger partial charge on any atom is -0.480 e. The second kappa shape index (κ2) is 6.64. The van der Waals surface area contributed by atoms with Crippen molar-refractivity contribution < 1.29 is 29.0 Å². The minimum atomic E-state index is -1.09. The number of aliphatic carboxylic acids is 1. The lowest BCUT2D eigenvalue weighted by Gasteiger charge is -2.22. The topological polar surface area (TPSA) is 104 Å². The Balaban J connectivity index is 1.66. The van der Waals surface area contributed by atoms with Crippen molar-refractivity contribution in [3.63, 3.8) is 0 Å². The van der Waals surface area contributed by atoms with Crippen LogP contribution in [-0.4, -0.2) is 70.9 Å². The fourth-order valence-electron chi connectivity index (χ4n) is 3.27. The van der Waals surface area contributed by atoms with Gasteiger partial charge in [0.1, 0.15) is 6.04 Å². The van der Waals surface area contributed by atoms with Gasteiger partial charge in [0.25, 0.3) is 11.8 Å². The van der Waals surface area contributed by atoms with Crippen LogP contribution in [0.1, 0.15) is 33.6 Å². The summed E-state index contributed by atoms with van der Waals surface area (Å²) in [6.45, 7) is 0.111. The lowest BCUT2D eigenvalue weighted by atomic mass is 10.1. The lowest BCUT2D eigenvalue weighted by molar-refractivity contribution is -0.148. The molecule has 2 aliphatic heterocycles. The number of hydrogen-bond donors (Lipinski definition) is 1. The van der Waals surface area contributed by atoms with E-state index in [1.807, 2.05) is 0 Å². The van der Waals surface area contributed by atoms with E-state index in [9.17, 15) is 24.3 Å². The molecule has 0 radical (unpaired) electrons. The van der Waals surface area contributed by atoms with Crippen molar-refractivity contribution in [3.05, 3.63) is 35.4 Å². The summed E-state index contributed by atoms with van der Waals surface area (Å²) >= 11 is 0. The first kappa shape index (κ1) is 17.1. The maximum atomic E-state index is 12.4. The first-order chi connectivity index (χ1) is 11.9. The molecule has 3 rings (SSSR count). The Morgan fingerprint density at radius 1 is 1.20 bits per heavy atom. The summed E-state index contributed by atoms with van der Waals surface area (Å²) in [5.74, 6) is -2.36. The Kier molecular flexibility index (Phi) is 4.54. The number of carbonyl (C=O) groups excluding carboxylic acids is 3. The molecule has 1 saturated heterocycles. The third-order valence-electron chi connectivity index (χ3n) is 4.63. The highest BCUT2D eigenvalue weighted by atomic mass is 16.5. The number of rotatable bonds is 5. The highest BCUT2D eigenvalue weighted by Gasteiger charge is 2.40. The summed E-state index contributed by atoms with van der Waals surface area (Å²) < 4.78 is 5.15. The molecule has 0 aromatic heterocycles. The number of ether oxygens (including phenoxy) is 1. The molecule has 0 spiro atoms. The summed E-state index contributed by atoms with van der Waals surface area (Å²) in [5, 5.41) is 9.26. The molecule has 2 heterocycles. The van der Waals surface area contributed by atoms with E-state index in [2.05, 4.69) is 0 Å². The van der Waals surface area contributed by atoms with Crippen LogP contribution in [0.5, 0.6) is 0 Å². The highest BCUT2D eigenvalue weighted by molar-refractivity contribution is 6.21. The quantitative estimate of drug-likeness (QED) is 0.773. The maximum Gasteiger partial charge on any atom is 0.326 e. The number of fused-ring (bicyclic) bond motifs is 1. The molecule has 0 bridgehead atoms. The van der Waals surface area contributed by atoms with Crippen molar-refractivity contribution in [3.8, 4) is 0 Å². The monoisotopic (exact) mass is 346 g/mol. The second-order valence-corrected chi connectivity index (χ2v) is 6.05. The predicted octanol–water partition coefficient (Wildman–Crippen LogP) is 0.373. The molecule has 2 aliphatic rings. The number of carbonyl (C=O) groups is 4. The van der Waals surface area contributed by atoms with Crippen molar-refractivity contribution >= 4 is 23.7 Å². The normalized spacial score (nSPS) is 22.4. The summed E-state index contributed by atoms with van der Waals surface area (Å²) in [7, 11) is 1.47. The Morgan fingerprint density at radius 2 is 1.80 bits per heavy atom. The molecule has 8 heteroatoms. The molecule has 1 fully saturated rings. The predicted molar refractivity (Wildman–Crippen MR) is 85.0 cm³/mol. The smallest absolute Gasteiger partial charge is 0.326 e. The van der Waals surface area contributed by atoms with Crippen molar-refractivity contribution in [2.45, 2.75) is 25.0 Å². The van der Waals surface area contributed by atoms with Crippen LogP contribution in [0.25, 0.3) is 0 Å². The third-order valence-corrected chi connectivity index (χ3v) is 4.63. The van der Waals surface area contributed by atoms with Gasteiger partial charge >= 0.3 is 5.97 Å². The SMILES string of the molecule is COC1CC(C(=O)O)N(C(=O)CCN2C(=O)c3ccccc3C2=O)C1. The molecule has 0 aliphatic carbocycles. The molecule has 132 valence electrons. The zero-order chi connectivity index (χ0) is 18.1. The molecule has 2 atom stereocenters. The Bertz CT molecular complexity index is 711. The number of amides is 3. The fourth-order valence-corrected chi connectivity index (χ4v) is 3.27. The van der Waals surface area contributed by atoms with Crippen molar-refractivity contribution in [2.24, 2.45) is 0 Å². The molecule has 25 heavy (non-hydrogen) atoms. The van der Waals surface area contributed by atoms with E-state index in [4.69, 9.17) is 4.74 Å². The number of hydrogen-bond acceptors (Lipinski definition) is 5. The van der Waals surface area contributed by atoms with E-state index in [1.165, 1.54) is 12.0 Å². The van der Waals surface area contributed by atoms with Gasteiger partial charge in [-0.25, -0.2) is 4.79 Å². The van der Waals surface area contributed by atoms with E-state index in [0.717, 1.165) is 4.90 Å². The number of nitrogens with zero attached hydrogens (tertiary/aromatic N) is 2.